The molecule has 3 rings (SSSR count). The van der Waals surface area contributed by atoms with Gasteiger partial charge in [-0.25, -0.2) is 4.68 Å². The monoisotopic (exact) mass is 332 g/mol. The highest BCUT2D eigenvalue weighted by molar-refractivity contribution is 7.22. The third kappa shape index (κ3) is 3.16. The zero-order chi connectivity index (χ0) is 16.6. The first-order valence-electron chi connectivity index (χ1n) is 7.56. The zero-order valence-corrected chi connectivity index (χ0v) is 14.2. The first-order valence-corrected chi connectivity index (χ1v) is 8.38. The van der Waals surface area contributed by atoms with Crippen LogP contribution in [0.4, 0.5) is 5.13 Å². The summed E-state index contributed by atoms with van der Waals surface area (Å²) in [5.41, 5.74) is 3.28. The number of aryl methyl sites for hydroxylation is 2. The molecule has 23 heavy (non-hydrogen) atoms. The summed E-state index contributed by atoms with van der Waals surface area (Å²) in [6.45, 7) is 6.31. The van der Waals surface area contributed by atoms with Crippen LogP contribution < -0.4 is 5.32 Å². The smallest absolute Gasteiger partial charge is 0.194 e. The number of thiazole rings is 1. The molecule has 1 aromatic carbocycles. The van der Waals surface area contributed by atoms with E-state index in [1.54, 1.807) is 10.7 Å². The van der Waals surface area contributed by atoms with E-state index in [0.717, 1.165) is 21.0 Å². The number of phenols is 1. The molecule has 7 heteroatoms. The van der Waals surface area contributed by atoms with Crippen molar-refractivity contribution in [1.29, 1.82) is 0 Å². The van der Waals surface area contributed by atoms with E-state index in [1.807, 2.05) is 33.0 Å². The van der Waals surface area contributed by atoms with Crippen LogP contribution in [0.2, 0.25) is 0 Å². The molecule has 1 unspecified atom stereocenters. The fraction of sp³-hybridized carbons (Fsp3) is 0.375. The van der Waals surface area contributed by atoms with Gasteiger partial charge in [-0.1, -0.05) is 24.3 Å². The Morgan fingerprint density at radius 2 is 2.13 bits per heavy atom. The number of phenolic OH excluding ortho intramolecular Hbond substituents is 1. The van der Waals surface area contributed by atoms with E-state index in [0.29, 0.717) is 24.3 Å². The van der Waals surface area contributed by atoms with E-state index in [9.17, 15) is 10.2 Å². The predicted octanol–water partition coefficient (Wildman–Crippen LogP) is 2.99. The molecule has 3 N–H and O–H groups in total. The number of rotatable bonds is 5. The molecule has 1 atom stereocenters. The van der Waals surface area contributed by atoms with Crippen molar-refractivity contribution >= 4 is 26.8 Å². The van der Waals surface area contributed by atoms with Gasteiger partial charge in [0.2, 0.25) is 0 Å². The Labute approximate surface area is 138 Å². The molecule has 2 heterocycles. The van der Waals surface area contributed by atoms with Gasteiger partial charge in [-0.3, -0.25) is 0 Å². The lowest BCUT2D eigenvalue weighted by Crippen LogP contribution is -2.17. The van der Waals surface area contributed by atoms with Crippen molar-refractivity contribution in [3.8, 4) is 11.4 Å². The molecular formula is C16H20N4O2S. The van der Waals surface area contributed by atoms with Crippen molar-refractivity contribution in [1.82, 2.24) is 14.8 Å². The number of aliphatic hydroxyl groups excluding tert-OH is 1. The second-order valence-corrected chi connectivity index (χ2v) is 6.70. The largest absolute Gasteiger partial charge is 0.506 e. The van der Waals surface area contributed by atoms with Crippen LogP contribution in [0.5, 0.6) is 5.75 Å². The first kappa shape index (κ1) is 15.8. The van der Waals surface area contributed by atoms with E-state index in [1.165, 1.54) is 11.3 Å². The standard InChI is InChI=1S/C16H20N4O2S/c1-4-11(21)7-17-16-18-15-13(23-16)8-20(19-15)14-10(3)5-9(2)6-12(14)22/h5-6,8,11,21-22H,4,7H2,1-3H3,(H,17,18,19). The van der Waals surface area contributed by atoms with Gasteiger partial charge in [0.05, 0.1) is 17.0 Å². The van der Waals surface area contributed by atoms with E-state index in [-0.39, 0.29) is 11.9 Å². The molecule has 0 aliphatic carbocycles. The summed E-state index contributed by atoms with van der Waals surface area (Å²) >= 11 is 1.48. The number of anilines is 1. The number of hydrogen-bond acceptors (Lipinski definition) is 6. The van der Waals surface area contributed by atoms with Crippen LogP contribution in [0.15, 0.2) is 18.3 Å². The van der Waals surface area contributed by atoms with Crippen molar-refractivity contribution in [2.24, 2.45) is 0 Å². The van der Waals surface area contributed by atoms with Crippen LogP contribution in [0, 0.1) is 13.8 Å². The van der Waals surface area contributed by atoms with Crippen LogP contribution in [0.3, 0.4) is 0 Å². The summed E-state index contributed by atoms with van der Waals surface area (Å²) in [5, 5.41) is 28.1. The van der Waals surface area contributed by atoms with Gasteiger partial charge in [0.15, 0.2) is 10.8 Å². The lowest BCUT2D eigenvalue weighted by molar-refractivity contribution is 0.183. The predicted molar refractivity (Wildman–Crippen MR) is 92.7 cm³/mol. The van der Waals surface area contributed by atoms with Gasteiger partial charge in [0.25, 0.3) is 0 Å². The Bertz CT molecular complexity index is 785. The van der Waals surface area contributed by atoms with Gasteiger partial charge in [-0.15, -0.1) is 5.10 Å². The van der Waals surface area contributed by atoms with Crippen molar-refractivity contribution in [3.05, 3.63) is 29.5 Å². The summed E-state index contributed by atoms with van der Waals surface area (Å²) in [4.78, 5) is 4.42. The summed E-state index contributed by atoms with van der Waals surface area (Å²) in [6, 6.07) is 3.74. The average Bonchev–Trinajstić information content (AvgIpc) is 3.01. The zero-order valence-electron chi connectivity index (χ0n) is 13.4. The van der Waals surface area contributed by atoms with Crippen molar-refractivity contribution in [3.63, 3.8) is 0 Å². The molecule has 0 aliphatic rings. The fourth-order valence-electron chi connectivity index (χ4n) is 2.50. The number of nitrogens with one attached hydrogen (secondary N) is 1. The van der Waals surface area contributed by atoms with Gasteiger partial charge in [-0.2, -0.15) is 4.98 Å². The van der Waals surface area contributed by atoms with Crippen molar-refractivity contribution in [2.75, 3.05) is 11.9 Å². The summed E-state index contributed by atoms with van der Waals surface area (Å²) in [6.07, 6.45) is 2.19. The Kier molecular flexibility index (Phi) is 4.23. The van der Waals surface area contributed by atoms with Crippen molar-refractivity contribution in [2.45, 2.75) is 33.3 Å². The summed E-state index contributed by atoms with van der Waals surface area (Å²) in [7, 11) is 0. The number of benzene rings is 1. The van der Waals surface area contributed by atoms with Crippen LogP contribution in [-0.2, 0) is 0 Å². The molecule has 0 saturated heterocycles. The Balaban J connectivity index is 1.89. The molecule has 0 fully saturated rings. The van der Waals surface area contributed by atoms with Gasteiger partial charge in [0, 0.05) is 6.54 Å². The number of aromatic nitrogens is 3. The first-order chi connectivity index (χ1) is 11.0. The van der Waals surface area contributed by atoms with Gasteiger partial charge >= 0.3 is 0 Å². The van der Waals surface area contributed by atoms with E-state index in [4.69, 9.17) is 0 Å². The van der Waals surface area contributed by atoms with E-state index >= 15 is 0 Å². The maximum Gasteiger partial charge on any atom is 0.194 e. The van der Waals surface area contributed by atoms with Crippen LogP contribution in [-0.4, -0.2) is 37.6 Å². The van der Waals surface area contributed by atoms with Crippen LogP contribution in [0.25, 0.3) is 16.0 Å². The van der Waals surface area contributed by atoms with Gasteiger partial charge in [0.1, 0.15) is 11.4 Å². The fourth-order valence-corrected chi connectivity index (χ4v) is 3.32. The van der Waals surface area contributed by atoms with Gasteiger partial charge < -0.3 is 15.5 Å². The highest BCUT2D eigenvalue weighted by Gasteiger charge is 2.14. The molecular weight excluding hydrogens is 312 g/mol. The molecule has 0 radical (unpaired) electrons. The minimum Gasteiger partial charge on any atom is -0.506 e. The number of hydrogen-bond donors (Lipinski definition) is 3. The maximum absolute atomic E-state index is 10.2. The Morgan fingerprint density at radius 3 is 2.78 bits per heavy atom. The van der Waals surface area contributed by atoms with Crippen LogP contribution in [0.1, 0.15) is 24.5 Å². The highest BCUT2D eigenvalue weighted by atomic mass is 32.1. The molecule has 122 valence electrons. The number of fused-ring (bicyclic) bond motifs is 1. The normalized spacial score (nSPS) is 12.7. The summed E-state index contributed by atoms with van der Waals surface area (Å²) < 4.78 is 2.60. The Hall–Kier alpha value is -2.12. The molecule has 0 bridgehead atoms. The number of aliphatic hydroxyl groups is 1. The Morgan fingerprint density at radius 1 is 1.35 bits per heavy atom. The molecule has 0 amide bonds. The molecule has 2 aromatic heterocycles. The minimum atomic E-state index is -0.377. The van der Waals surface area contributed by atoms with Crippen LogP contribution >= 0.6 is 11.3 Å². The molecule has 0 aliphatic heterocycles. The average molecular weight is 332 g/mol. The summed E-state index contributed by atoms with van der Waals surface area (Å²) in [5.74, 6) is 0.210. The molecule has 0 saturated carbocycles. The van der Waals surface area contributed by atoms with E-state index in [2.05, 4.69) is 15.4 Å². The van der Waals surface area contributed by atoms with Gasteiger partial charge in [-0.05, 0) is 37.5 Å². The third-order valence-electron chi connectivity index (χ3n) is 3.69. The quantitative estimate of drug-likeness (QED) is 0.669. The maximum atomic E-state index is 10.2. The second-order valence-electron chi connectivity index (χ2n) is 5.67. The SMILES string of the molecule is CCC(O)CNc1nc2nn(-c3c(C)cc(C)cc3O)cc2s1. The number of aromatic hydroxyl groups is 1. The molecule has 0 spiro atoms. The molecule has 6 nitrogen and oxygen atoms in total. The van der Waals surface area contributed by atoms with E-state index < -0.39 is 0 Å². The third-order valence-corrected chi connectivity index (χ3v) is 4.63. The second kappa shape index (κ2) is 6.17. The topological polar surface area (TPSA) is 83.2 Å². The molecule has 3 aromatic rings. The van der Waals surface area contributed by atoms with Crippen molar-refractivity contribution < 1.29 is 10.2 Å². The highest BCUT2D eigenvalue weighted by Crippen LogP contribution is 2.30. The lowest BCUT2D eigenvalue weighted by Gasteiger charge is -2.09. The number of nitrogens with zero attached hydrogens (tertiary/aromatic N) is 3. The lowest BCUT2D eigenvalue weighted by atomic mass is 10.1. The minimum absolute atomic E-state index is 0.210.